The highest BCUT2D eigenvalue weighted by Crippen LogP contribution is 2.45. The highest BCUT2D eigenvalue weighted by molar-refractivity contribution is 7.80. The maximum atomic E-state index is 12.7. The quantitative estimate of drug-likeness (QED) is 0.242. The Balaban J connectivity index is 1.59. The normalized spacial score (nSPS) is 16.9. The number of rotatable bonds is 7. The van der Waals surface area contributed by atoms with Crippen LogP contribution in [0.2, 0.25) is 0 Å². The third kappa shape index (κ3) is 5.70. The number of nitrogens with one attached hydrogen (secondary N) is 2. The largest absolute Gasteiger partial charge is 0.494 e. The minimum absolute atomic E-state index is 0.0825. The molecule has 1 aliphatic rings. The molecule has 7 nitrogen and oxygen atoms in total. The van der Waals surface area contributed by atoms with Crippen molar-refractivity contribution in [3.63, 3.8) is 0 Å². The number of amides is 1. The minimum Gasteiger partial charge on any atom is -0.494 e. The van der Waals surface area contributed by atoms with Gasteiger partial charge in [0, 0.05) is 41.3 Å². The molecule has 0 spiro atoms. The maximum absolute atomic E-state index is 12.7. The van der Waals surface area contributed by atoms with E-state index in [2.05, 4.69) is 64.3 Å². The molecule has 0 bridgehead atoms. The van der Waals surface area contributed by atoms with Gasteiger partial charge in [-0.1, -0.05) is 57.2 Å². The van der Waals surface area contributed by atoms with Gasteiger partial charge in [0.25, 0.3) is 0 Å². The van der Waals surface area contributed by atoms with Gasteiger partial charge in [-0.2, -0.15) is 0 Å². The van der Waals surface area contributed by atoms with Crippen molar-refractivity contribution in [3.8, 4) is 5.75 Å². The number of anilines is 2. The average Bonchev–Trinajstić information content (AvgIpc) is 3.44. The average molecular weight is 568 g/mol. The van der Waals surface area contributed by atoms with Gasteiger partial charge < -0.3 is 24.8 Å². The SMILES string of the molecule is COc1cc(N2C(=S)N[C@H](c3ccccn3)[C@@H]2c2cc(C)n(Cc3ccccc3)c2C)ccc1NC(=O)C(C)(C)C. The molecule has 5 rings (SSSR count). The van der Waals surface area contributed by atoms with Crippen molar-refractivity contribution in [1.82, 2.24) is 14.9 Å². The van der Waals surface area contributed by atoms with Crippen molar-refractivity contribution in [2.45, 2.75) is 53.2 Å². The standard InChI is InChI=1S/C33H37N5O2S/c1-21-18-25(22(2)37(21)20-23-12-8-7-9-13-23)30-29(27-14-10-11-17-34-27)36-32(41)38(30)24-15-16-26(28(19-24)40-6)35-31(39)33(3,4)5/h7-19,29-30H,20H2,1-6H3,(H,35,39)(H,36,41)/t29-,30+/m1/s1. The van der Waals surface area contributed by atoms with E-state index in [0.717, 1.165) is 17.9 Å². The molecule has 8 heteroatoms. The van der Waals surface area contributed by atoms with Crippen LogP contribution in [-0.2, 0) is 11.3 Å². The lowest BCUT2D eigenvalue weighted by molar-refractivity contribution is -0.123. The number of hydrogen-bond acceptors (Lipinski definition) is 4. The predicted octanol–water partition coefficient (Wildman–Crippen LogP) is 6.72. The van der Waals surface area contributed by atoms with Crippen LogP contribution < -0.4 is 20.3 Å². The van der Waals surface area contributed by atoms with Crippen LogP contribution in [0.5, 0.6) is 5.75 Å². The van der Waals surface area contributed by atoms with Gasteiger partial charge in [0.1, 0.15) is 5.75 Å². The lowest BCUT2D eigenvalue weighted by Crippen LogP contribution is -2.30. The number of carbonyl (C=O) groups is 1. The third-order valence-electron chi connectivity index (χ3n) is 7.61. The van der Waals surface area contributed by atoms with Crippen molar-refractivity contribution in [1.29, 1.82) is 0 Å². The summed E-state index contributed by atoms with van der Waals surface area (Å²) in [4.78, 5) is 19.6. The van der Waals surface area contributed by atoms with E-state index in [1.165, 1.54) is 22.5 Å². The Labute approximate surface area is 247 Å². The van der Waals surface area contributed by atoms with Crippen LogP contribution in [0.4, 0.5) is 11.4 Å². The number of nitrogens with zero attached hydrogens (tertiary/aromatic N) is 3. The molecule has 2 atom stereocenters. The Hall–Kier alpha value is -4.17. The van der Waals surface area contributed by atoms with Crippen LogP contribution >= 0.6 is 12.2 Å². The lowest BCUT2D eigenvalue weighted by Gasteiger charge is -2.29. The Bertz CT molecular complexity index is 1560. The second-order valence-corrected chi connectivity index (χ2v) is 11.9. The first-order chi connectivity index (χ1) is 19.6. The number of aromatic nitrogens is 2. The summed E-state index contributed by atoms with van der Waals surface area (Å²) in [5, 5.41) is 7.16. The number of pyridine rings is 1. The number of ether oxygens (including phenoxy) is 1. The van der Waals surface area contributed by atoms with Crippen molar-refractivity contribution in [2.24, 2.45) is 5.41 Å². The summed E-state index contributed by atoms with van der Waals surface area (Å²) in [6.45, 7) is 10.8. The van der Waals surface area contributed by atoms with Crippen LogP contribution in [-0.4, -0.2) is 27.7 Å². The zero-order valence-electron chi connectivity index (χ0n) is 24.4. The van der Waals surface area contributed by atoms with E-state index in [4.69, 9.17) is 21.9 Å². The first-order valence-electron chi connectivity index (χ1n) is 13.8. The Morgan fingerprint density at radius 2 is 1.78 bits per heavy atom. The zero-order valence-corrected chi connectivity index (χ0v) is 25.3. The Morgan fingerprint density at radius 3 is 2.44 bits per heavy atom. The van der Waals surface area contributed by atoms with Gasteiger partial charge in [-0.15, -0.1) is 0 Å². The van der Waals surface area contributed by atoms with Crippen molar-refractivity contribution in [3.05, 3.63) is 107 Å². The van der Waals surface area contributed by atoms with Crippen molar-refractivity contribution in [2.75, 3.05) is 17.3 Å². The van der Waals surface area contributed by atoms with E-state index in [9.17, 15) is 4.79 Å². The van der Waals surface area contributed by atoms with E-state index in [1.54, 1.807) is 7.11 Å². The van der Waals surface area contributed by atoms with Gasteiger partial charge in [0.15, 0.2) is 5.11 Å². The molecule has 1 fully saturated rings. The summed E-state index contributed by atoms with van der Waals surface area (Å²) in [5.41, 5.74) is 6.63. The molecule has 0 aliphatic carbocycles. The maximum Gasteiger partial charge on any atom is 0.229 e. The van der Waals surface area contributed by atoms with Gasteiger partial charge in [-0.05, 0) is 67.5 Å². The van der Waals surface area contributed by atoms with Gasteiger partial charge >= 0.3 is 0 Å². The molecular weight excluding hydrogens is 530 g/mol. The van der Waals surface area contributed by atoms with Crippen molar-refractivity contribution >= 4 is 34.6 Å². The highest BCUT2D eigenvalue weighted by atomic mass is 32.1. The number of benzene rings is 2. The first kappa shape index (κ1) is 28.4. The molecule has 1 aliphatic heterocycles. The van der Waals surface area contributed by atoms with E-state index in [1.807, 2.05) is 69.4 Å². The van der Waals surface area contributed by atoms with E-state index in [0.29, 0.717) is 16.5 Å². The summed E-state index contributed by atoms with van der Waals surface area (Å²) >= 11 is 5.97. The second-order valence-electron chi connectivity index (χ2n) is 11.5. The van der Waals surface area contributed by atoms with Crippen LogP contribution in [0.3, 0.4) is 0 Å². The van der Waals surface area contributed by atoms with Gasteiger partial charge in [-0.25, -0.2) is 0 Å². The molecule has 41 heavy (non-hydrogen) atoms. The van der Waals surface area contributed by atoms with Crippen molar-refractivity contribution < 1.29 is 9.53 Å². The fourth-order valence-electron chi connectivity index (χ4n) is 5.33. The lowest BCUT2D eigenvalue weighted by atomic mass is 9.95. The number of hydrogen-bond donors (Lipinski definition) is 2. The van der Waals surface area contributed by atoms with Crippen LogP contribution in [0, 0.1) is 19.3 Å². The Morgan fingerprint density at radius 1 is 1.05 bits per heavy atom. The number of methoxy groups -OCH3 is 1. The molecule has 0 radical (unpaired) electrons. The molecular formula is C33H37N5O2S. The number of carbonyl (C=O) groups excluding carboxylic acids is 1. The van der Waals surface area contributed by atoms with Crippen LogP contribution in [0.1, 0.15) is 61.1 Å². The topological polar surface area (TPSA) is 71.4 Å². The van der Waals surface area contributed by atoms with Gasteiger partial charge in [0.2, 0.25) is 5.91 Å². The van der Waals surface area contributed by atoms with E-state index >= 15 is 0 Å². The van der Waals surface area contributed by atoms with E-state index in [-0.39, 0.29) is 18.0 Å². The summed E-state index contributed by atoms with van der Waals surface area (Å²) in [5.74, 6) is 0.485. The first-order valence-corrected chi connectivity index (χ1v) is 14.2. The fraction of sp³-hybridized carbons (Fsp3) is 0.303. The minimum atomic E-state index is -0.534. The third-order valence-corrected chi connectivity index (χ3v) is 7.92. The predicted molar refractivity (Wildman–Crippen MR) is 168 cm³/mol. The molecule has 2 aromatic carbocycles. The van der Waals surface area contributed by atoms with Crippen LogP contribution in [0.25, 0.3) is 0 Å². The number of thiocarbonyl (C=S) groups is 1. The molecule has 0 saturated carbocycles. The molecule has 1 amide bonds. The highest BCUT2D eigenvalue weighted by Gasteiger charge is 2.42. The number of aryl methyl sites for hydroxylation is 1. The summed E-state index contributed by atoms with van der Waals surface area (Å²) in [6, 6.07) is 24.2. The summed E-state index contributed by atoms with van der Waals surface area (Å²) in [7, 11) is 1.61. The summed E-state index contributed by atoms with van der Waals surface area (Å²) in [6.07, 6.45) is 1.81. The molecule has 4 aromatic rings. The van der Waals surface area contributed by atoms with Crippen LogP contribution in [0.15, 0.2) is 79.0 Å². The molecule has 3 heterocycles. The molecule has 2 aromatic heterocycles. The molecule has 212 valence electrons. The Kier molecular flexibility index (Phi) is 7.87. The smallest absolute Gasteiger partial charge is 0.229 e. The van der Waals surface area contributed by atoms with Gasteiger partial charge in [-0.3, -0.25) is 9.78 Å². The summed E-state index contributed by atoms with van der Waals surface area (Å²) < 4.78 is 8.09. The molecule has 0 unspecified atom stereocenters. The van der Waals surface area contributed by atoms with Gasteiger partial charge in [0.05, 0.1) is 30.6 Å². The second kappa shape index (κ2) is 11.4. The molecule has 2 N–H and O–H groups in total. The zero-order chi connectivity index (χ0) is 29.3. The monoisotopic (exact) mass is 567 g/mol. The van der Waals surface area contributed by atoms with E-state index < -0.39 is 5.41 Å². The fourth-order valence-corrected chi connectivity index (χ4v) is 5.67. The molecule has 1 saturated heterocycles.